The van der Waals surface area contributed by atoms with Gasteiger partial charge in [-0.3, -0.25) is 0 Å². The molecule has 0 atom stereocenters. The van der Waals surface area contributed by atoms with Crippen molar-refractivity contribution in [3.05, 3.63) is 48.5 Å². The van der Waals surface area contributed by atoms with Gasteiger partial charge in [-0.2, -0.15) is 4.39 Å². The van der Waals surface area contributed by atoms with Crippen LogP contribution in [0.2, 0.25) is 0 Å². The van der Waals surface area contributed by atoms with Crippen molar-refractivity contribution in [1.82, 2.24) is 9.97 Å². The first-order valence-electron chi connectivity index (χ1n) is 6.86. The van der Waals surface area contributed by atoms with Gasteiger partial charge in [-0.05, 0) is 37.1 Å². The molecule has 2 aromatic heterocycles. The van der Waals surface area contributed by atoms with E-state index in [-0.39, 0.29) is 0 Å². The summed E-state index contributed by atoms with van der Waals surface area (Å²) in [6, 6.07) is 11.1. The highest BCUT2D eigenvalue weighted by atomic mass is 19.1. The molecule has 1 aliphatic rings. The minimum Gasteiger partial charge on any atom is -0.367 e. The number of halogens is 1. The van der Waals surface area contributed by atoms with Crippen molar-refractivity contribution >= 4 is 11.6 Å². The Hall–Kier alpha value is -2.17. The molecule has 0 spiro atoms. The van der Waals surface area contributed by atoms with Gasteiger partial charge >= 0.3 is 0 Å². The number of hydrogen-bond donors (Lipinski definition) is 1. The smallest absolute Gasteiger partial charge is 0.214 e. The lowest BCUT2D eigenvalue weighted by Crippen LogP contribution is -2.39. The molecule has 0 saturated carbocycles. The maximum atomic E-state index is 13.0. The molecule has 3 heterocycles. The molecule has 0 unspecified atom stereocenters. The second-order valence-electron chi connectivity index (χ2n) is 4.94. The molecule has 104 valence electrons. The number of piperidine rings is 1. The van der Waals surface area contributed by atoms with Crippen LogP contribution in [0, 0.1) is 5.95 Å². The fraction of sp³-hybridized carbons (Fsp3) is 0.333. The third kappa shape index (κ3) is 3.04. The highest BCUT2D eigenvalue weighted by molar-refractivity contribution is 5.40. The van der Waals surface area contributed by atoms with Gasteiger partial charge in [0.1, 0.15) is 11.6 Å². The minimum atomic E-state index is -0.444. The van der Waals surface area contributed by atoms with Crippen molar-refractivity contribution < 1.29 is 4.39 Å². The van der Waals surface area contributed by atoms with E-state index in [0.29, 0.717) is 11.9 Å². The molecular formula is C15H17FN4. The lowest BCUT2D eigenvalue weighted by Gasteiger charge is -2.33. The van der Waals surface area contributed by atoms with Gasteiger partial charge in [0.25, 0.3) is 0 Å². The standard InChI is InChI=1S/C15H17FN4/c16-13-4-3-5-14(19-13)18-12-7-10-20(11-8-12)15-6-1-2-9-17-15/h1-6,9,12H,7-8,10-11H2,(H,18,19). The Labute approximate surface area is 117 Å². The Kier molecular flexibility index (Phi) is 3.76. The minimum absolute atomic E-state index is 0.337. The van der Waals surface area contributed by atoms with Crippen LogP contribution < -0.4 is 10.2 Å². The maximum Gasteiger partial charge on any atom is 0.214 e. The summed E-state index contributed by atoms with van der Waals surface area (Å²) in [5.41, 5.74) is 0. The molecule has 0 radical (unpaired) electrons. The van der Waals surface area contributed by atoms with Crippen LogP contribution in [-0.2, 0) is 0 Å². The van der Waals surface area contributed by atoms with Crippen LogP contribution in [0.3, 0.4) is 0 Å². The predicted octanol–water partition coefficient (Wildman–Crippen LogP) is 2.70. The van der Waals surface area contributed by atoms with E-state index in [1.165, 1.54) is 6.07 Å². The molecule has 0 aliphatic carbocycles. The highest BCUT2D eigenvalue weighted by Gasteiger charge is 2.20. The van der Waals surface area contributed by atoms with Crippen molar-refractivity contribution in [2.45, 2.75) is 18.9 Å². The average Bonchev–Trinajstić information content (AvgIpc) is 2.49. The van der Waals surface area contributed by atoms with Crippen LogP contribution in [0.15, 0.2) is 42.6 Å². The van der Waals surface area contributed by atoms with Crippen molar-refractivity contribution in [3.8, 4) is 0 Å². The second-order valence-corrected chi connectivity index (χ2v) is 4.94. The summed E-state index contributed by atoms with van der Waals surface area (Å²) >= 11 is 0. The molecule has 0 aromatic carbocycles. The van der Waals surface area contributed by atoms with E-state index in [0.717, 1.165) is 31.7 Å². The quantitative estimate of drug-likeness (QED) is 0.872. The van der Waals surface area contributed by atoms with Crippen molar-refractivity contribution in [2.75, 3.05) is 23.3 Å². The van der Waals surface area contributed by atoms with E-state index in [1.807, 2.05) is 24.4 Å². The number of nitrogens with zero attached hydrogens (tertiary/aromatic N) is 3. The van der Waals surface area contributed by atoms with Gasteiger partial charge in [0.2, 0.25) is 5.95 Å². The molecule has 5 heteroatoms. The van der Waals surface area contributed by atoms with Gasteiger partial charge in [-0.15, -0.1) is 0 Å². The third-order valence-corrected chi connectivity index (χ3v) is 3.54. The SMILES string of the molecule is Fc1cccc(NC2CCN(c3ccccn3)CC2)n1. The second kappa shape index (κ2) is 5.86. The van der Waals surface area contributed by atoms with Crippen LogP contribution in [0.25, 0.3) is 0 Å². The molecule has 20 heavy (non-hydrogen) atoms. The van der Waals surface area contributed by atoms with Crippen molar-refractivity contribution in [3.63, 3.8) is 0 Å². The Bertz CT molecular complexity index is 553. The molecule has 1 saturated heterocycles. The summed E-state index contributed by atoms with van der Waals surface area (Å²) in [6.45, 7) is 1.90. The molecule has 1 fully saturated rings. The van der Waals surface area contributed by atoms with E-state index in [1.54, 1.807) is 12.1 Å². The summed E-state index contributed by atoms with van der Waals surface area (Å²) in [6.07, 6.45) is 3.81. The fourth-order valence-electron chi connectivity index (χ4n) is 2.49. The zero-order valence-corrected chi connectivity index (χ0v) is 11.2. The number of nitrogens with one attached hydrogen (secondary N) is 1. The summed E-state index contributed by atoms with van der Waals surface area (Å²) in [7, 11) is 0. The number of rotatable bonds is 3. The van der Waals surface area contributed by atoms with E-state index < -0.39 is 5.95 Å². The number of hydrogen-bond acceptors (Lipinski definition) is 4. The predicted molar refractivity (Wildman–Crippen MR) is 77.3 cm³/mol. The first kappa shape index (κ1) is 12.8. The van der Waals surface area contributed by atoms with Crippen LogP contribution in [0.4, 0.5) is 16.0 Å². The molecule has 1 N–H and O–H groups in total. The Morgan fingerprint density at radius 3 is 2.65 bits per heavy atom. The number of pyridine rings is 2. The normalized spacial score (nSPS) is 16.1. The Morgan fingerprint density at radius 1 is 1.10 bits per heavy atom. The van der Waals surface area contributed by atoms with Gasteiger partial charge in [0.15, 0.2) is 0 Å². The monoisotopic (exact) mass is 272 g/mol. The van der Waals surface area contributed by atoms with Crippen LogP contribution in [0.5, 0.6) is 0 Å². The molecule has 2 aromatic rings. The molecule has 3 rings (SSSR count). The molecule has 0 amide bonds. The van der Waals surface area contributed by atoms with Gasteiger partial charge < -0.3 is 10.2 Å². The maximum absolute atomic E-state index is 13.0. The van der Waals surface area contributed by atoms with Gasteiger partial charge in [0.05, 0.1) is 0 Å². The molecule has 4 nitrogen and oxygen atoms in total. The van der Waals surface area contributed by atoms with Crippen LogP contribution in [-0.4, -0.2) is 29.1 Å². The third-order valence-electron chi connectivity index (χ3n) is 3.54. The number of anilines is 2. The van der Waals surface area contributed by atoms with E-state index in [2.05, 4.69) is 20.2 Å². The summed E-state index contributed by atoms with van der Waals surface area (Å²) in [5, 5.41) is 3.30. The Morgan fingerprint density at radius 2 is 1.95 bits per heavy atom. The van der Waals surface area contributed by atoms with E-state index in [4.69, 9.17) is 0 Å². The Balaban J connectivity index is 1.56. The van der Waals surface area contributed by atoms with Crippen molar-refractivity contribution in [2.24, 2.45) is 0 Å². The molecular weight excluding hydrogens is 255 g/mol. The van der Waals surface area contributed by atoms with E-state index in [9.17, 15) is 4.39 Å². The summed E-state index contributed by atoms with van der Waals surface area (Å²) in [5.74, 6) is 1.19. The van der Waals surface area contributed by atoms with Gasteiger partial charge in [0, 0.05) is 25.3 Å². The summed E-state index contributed by atoms with van der Waals surface area (Å²) in [4.78, 5) is 10.5. The largest absolute Gasteiger partial charge is 0.367 e. The van der Waals surface area contributed by atoms with E-state index >= 15 is 0 Å². The lowest BCUT2D eigenvalue weighted by molar-refractivity contribution is 0.520. The first-order chi connectivity index (χ1) is 9.81. The van der Waals surface area contributed by atoms with Gasteiger partial charge in [-0.25, -0.2) is 9.97 Å². The van der Waals surface area contributed by atoms with Gasteiger partial charge in [-0.1, -0.05) is 12.1 Å². The summed E-state index contributed by atoms with van der Waals surface area (Å²) < 4.78 is 13.0. The zero-order chi connectivity index (χ0) is 13.8. The van der Waals surface area contributed by atoms with Crippen LogP contribution >= 0.6 is 0 Å². The lowest BCUT2D eigenvalue weighted by atomic mass is 10.1. The zero-order valence-electron chi connectivity index (χ0n) is 11.2. The fourth-order valence-corrected chi connectivity index (χ4v) is 2.49. The molecule has 1 aliphatic heterocycles. The molecule has 0 bridgehead atoms. The first-order valence-corrected chi connectivity index (χ1v) is 6.86. The van der Waals surface area contributed by atoms with Crippen molar-refractivity contribution in [1.29, 1.82) is 0 Å². The van der Waals surface area contributed by atoms with Crippen LogP contribution in [0.1, 0.15) is 12.8 Å². The topological polar surface area (TPSA) is 41.0 Å². The average molecular weight is 272 g/mol. The number of aromatic nitrogens is 2. The highest BCUT2D eigenvalue weighted by Crippen LogP contribution is 2.19.